The molecular weight excluding hydrogens is 302 g/mol. The van der Waals surface area contributed by atoms with Gasteiger partial charge in [-0.15, -0.1) is 0 Å². The molecule has 1 unspecified atom stereocenters. The van der Waals surface area contributed by atoms with Gasteiger partial charge in [0.25, 0.3) is 15.0 Å². The fourth-order valence-electron chi connectivity index (χ4n) is 1.47. The number of hydrogen-bond acceptors (Lipinski definition) is 4. The van der Waals surface area contributed by atoms with Gasteiger partial charge in [0.05, 0.1) is 17.6 Å². The van der Waals surface area contributed by atoms with Crippen LogP contribution in [0.5, 0.6) is 5.75 Å². The number of amides is 1. The maximum absolute atomic E-state index is 12.2. The van der Waals surface area contributed by atoms with Gasteiger partial charge in [-0.05, 0) is 31.0 Å². The first-order valence-electron chi connectivity index (χ1n) is 6.10. The fraction of sp³-hybridized carbons (Fsp3) is 0.462. The van der Waals surface area contributed by atoms with Gasteiger partial charge in [-0.25, -0.2) is 8.42 Å². The van der Waals surface area contributed by atoms with Crippen molar-refractivity contribution in [2.75, 3.05) is 7.11 Å². The second-order valence-electron chi connectivity index (χ2n) is 4.81. The number of ether oxygens (including phenoxy) is 1. The van der Waals surface area contributed by atoms with Crippen LogP contribution in [0, 0.1) is 5.92 Å². The van der Waals surface area contributed by atoms with Gasteiger partial charge in [0, 0.05) is 16.7 Å². The molecule has 0 aromatic heterocycles. The number of nitrogens with one attached hydrogen (secondary N) is 1. The Morgan fingerprint density at radius 3 is 2.35 bits per heavy atom. The Morgan fingerprint density at radius 2 is 1.90 bits per heavy atom. The Labute approximate surface area is 123 Å². The molecule has 0 saturated carbocycles. The Balaban J connectivity index is 3.18. The summed E-state index contributed by atoms with van der Waals surface area (Å²) in [6, 6.07) is 3.86. The molecule has 112 valence electrons. The highest BCUT2D eigenvalue weighted by molar-refractivity contribution is 8.13. The molecule has 1 aromatic carbocycles. The number of methoxy groups -OCH3 is 1. The van der Waals surface area contributed by atoms with Crippen LogP contribution in [0.3, 0.4) is 0 Å². The summed E-state index contributed by atoms with van der Waals surface area (Å²) in [6.07, 6.45) is 0. The van der Waals surface area contributed by atoms with E-state index in [0.717, 1.165) is 0 Å². The summed E-state index contributed by atoms with van der Waals surface area (Å²) in [4.78, 5) is 12.1. The molecule has 20 heavy (non-hydrogen) atoms. The average Bonchev–Trinajstić information content (AvgIpc) is 2.36. The topological polar surface area (TPSA) is 72.5 Å². The third-order valence-electron chi connectivity index (χ3n) is 3.06. The van der Waals surface area contributed by atoms with Crippen LogP contribution in [0.15, 0.2) is 23.1 Å². The zero-order chi connectivity index (χ0) is 15.5. The Hall–Kier alpha value is -1.27. The zero-order valence-electron chi connectivity index (χ0n) is 11.8. The van der Waals surface area contributed by atoms with Crippen LogP contribution < -0.4 is 10.1 Å². The van der Waals surface area contributed by atoms with E-state index in [0.29, 0.717) is 5.75 Å². The summed E-state index contributed by atoms with van der Waals surface area (Å²) in [5.41, 5.74) is 0.140. The minimum absolute atomic E-state index is 0.0523. The molecule has 1 N–H and O–H groups in total. The SMILES string of the molecule is COc1ccc(S(=O)(=O)Cl)cc1C(=O)NC(C)C(C)C. The van der Waals surface area contributed by atoms with Crippen molar-refractivity contribution in [3.05, 3.63) is 23.8 Å². The Kier molecular flexibility index (Phi) is 5.42. The summed E-state index contributed by atoms with van der Waals surface area (Å²) < 4.78 is 27.7. The molecule has 0 spiro atoms. The van der Waals surface area contributed by atoms with E-state index in [9.17, 15) is 13.2 Å². The van der Waals surface area contributed by atoms with Gasteiger partial charge in [0.1, 0.15) is 5.75 Å². The third kappa shape index (κ3) is 4.11. The highest BCUT2D eigenvalue weighted by atomic mass is 35.7. The van der Waals surface area contributed by atoms with Gasteiger partial charge < -0.3 is 10.1 Å². The van der Waals surface area contributed by atoms with Crippen molar-refractivity contribution in [1.29, 1.82) is 0 Å². The molecule has 0 aliphatic rings. The molecule has 1 aromatic rings. The lowest BCUT2D eigenvalue weighted by Gasteiger charge is -2.18. The van der Waals surface area contributed by atoms with Gasteiger partial charge in [0.2, 0.25) is 0 Å². The van der Waals surface area contributed by atoms with E-state index < -0.39 is 15.0 Å². The lowest BCUT2D eigenvalue weighted by molar-refractivity contribution is 0.0927. The molecule has 0 saturated heterocycles. The van der Waals surface area contributed by atoms with Crippen LogP contribution in [0.1, 0.15) is 31.1 Å². The molecule has 5 nitrogen and oxygen atoms in total. The number of hydrogen-bond donors (Lipinski definition) is 1. The van der Waals surface area contributed by atoms with Crippen molar-refractivity contribution in [3.8, 4) is 5.75 Å². The number of benzene rings is 1. The minimum Gasteiger partial charge on any atom is -0.496 e. The Bertz CT molecular complexity index is 598. The van der Waals surface area contributed by atoms with Gasteiger partial charge >= 0.3 is 0 Å². The molecular formula is C13H18ClNO4S. The summed E-state index contributed by atoms with van der Waals surface area (Å²) in [5.74, 6) is 0.151. The third-order valence-corrected chi connectivity index (χ3v) is 4.41. The standard InChI is InChI=1S/C13H18ClNO4S/c1-8(2)9(3)15-13(16)11-7-10(20(14,17)18)5-6-12(11)19-4/h5-9H,1-4H3,(H,15,16). The molecule has 1 rings (SSSR count). The molecule has 1 amide bonds. The number of carbonyl (C=O) groups is 1. The van der Waals surface area contributed by atoms with Crippen LogP contribution in [-0.2, 0) is 9.05 Å². The molecule has 0 heterocycles. The van der Waals surface area contributed by atoms with E-state index in [-0.39, 0.29) is 22.4 Å². The van der Waals surface area contributed by atoms with Gasteiger partial charge in [0.15, 0.2) is 0 Å². The number of halogens is 1. The van der Waals surface area contributed by atoms with E-state index >= 15 is 0 Å². The first-order valence-corrected chi connectivity index (χ1v) is 8.41. The monoisotopic (exact) mass is 319 g/mol. The summed E-state index contributed by atoms with van der Waals surface area (Å²) in [5, 5.41) is 2.79. The van der Waals surface area contributed by atoms with Crippen LogP contribution in [-0.4, -0.2) is 27.5 Å². The zero-order valence-corrected chi connectivity index (χ0v) is 13.4. The van der Waals surface area contributed by atoms with E-state index in [1.807, 2.05) is 20.8 Å². The quantitative estimate of drug-likeness (QED) is 0.846. The van der Waals surface area contributed by atoms with E-state index in [2.05, 4.69) is 5.32 Å². The van der Waals surface area contributed by atoms with Crippen molar-refractivity contribution in [1.82, 2.24) is 5.32 Å². The molecule has 0 aliphatic heterocycles. The van der Waals surface area contributed by atoms with Crippen molar-refractivity contribution in [2.24, 2.45) is 5.92 Å². The van der Waals surface area contributed by atoms with Gasteiger partial charge in [-0.2, -0.15) is 0 Å². The molecule has 0 bridgehead atoms. The smallest absolute Gasteiger partial charge is 0.261 e. The molecule has 7 heteroatoms. The second kappa shape index (κ2) is 6.45. The average molecular weight is 320 g/mol. The maximum atomic E-state index is 12.2. The van der Waals surface area contributed by atoms with Gasteiger partial charge in [-0.1, -0.05) is 13.8 Å². The predicted octanol–water partition coefficient (Wildman–Crippen LogP) is 2.40. The van der Waals surface area contributed by atoms with Crippen LogP contribution >= 0.6 is 10.7 Å². The molecule has 0 aliphatic carbocycles. The number of rotatable bonds is 5. The lowest BCUT2D eigenvalue weighted by Crippen LogP contribution is -2.36. The van der Waals surface area contributed by atoms with Crippen LogP contribution in [0.2, 0.25) is 0 Å². The Morgan fingerprint density at radius 1 is 1.30 bits per heavy atom. The largest absolute Gasteiger partial charge is 0.496 e. The van der Waals surface area contributed by atoms with Crippen molar-refractivity contribution >= 4 is 25.6 Å². The lowest BCUT2D eigenvalue weighted by atomic mass is 10.1. The van der Waals surface area contributed by atoms with Crippen molar-refractivity contribution in [3.63, 3.8) is 0 Å². The second-order valence-corrected chi connectivity index (χ2v) is 7.37. The highest BCUT2D eigenvalue weighted by Crippen LogP contribution is 2.24. The van der Waals surface area contributed by atoms with E-state index in [1.54, 1.807) is 0 Å². The first kappa shape index (κ1) is 16.8. The molecule has 0 radical (unpaired) electrons. The first-order chi connectivity index (χ1) is 9.16. The molecule has 1 atom stereocenters. The van der Waals surface area contributed by atoms with E-state index in [1.165, 1.54) is 25.3 Å². The summed E-state index contributed by atoms with van der Waals surface area (Å²) in [6.45, 7) is 5.82. The van der Waals surface area contributed by atoms with Gasteiger partial charge in [-0.3, -0.25) is 4.79 Å². The predicted molar refractivity (Wildman–Crippen MR) is 77.8 cm³/mol. The maximum Gasteiger partial charge on any atom is 0.261 e. The van der Waals surface area contributed by atoms with Crippen LogP contribution in [0.25, 0.3) is 0 Å². The fourth-order valence-corrected chi connectivity index (χ4v) is 2.24. The molecule has 0 fully saturated rings. The minimum atomic E-state index is -3.89. The van der Waals surface area contributed by atoms with E-state index in [4.69, 9.17) is 15.4 Å². The van der Waals surface area contributed by atoms with Crippen LogP contribution in [0.4, 0.5) is 0 Å². The summed E-state index contributed by atoms with van der Waals surface area (Å²) >= 11 is 0. The van der Waals surface area contributed by atoms with Crippen molar-refractivity contribution < 1.29 is 17.9 Å². The summed E-state index contributed by atoms with van der Waals surface area (Å²) in [7, 11) is 2.80. The number of carbonyl (C=O) groups excluding carboxylic acids is 1. The highest BCUT2D eigenvalue weighted by Gasteiger charge is 2.20. The van der Waals surface area contributed by atoms with Crippen molar-refractivity contribution in [2.45, 2.75) is 31.7 Å². The normalized spacial score (nSPS) is 13.1.